The smallest absolute Gasteiger partial charge is 0.341 e. The molecule has 0 aliphatic heterocycles. The second-order valence-electron chi connectivity index (χ2n) is 4.20. The van der Waals surface area contributed by atoms with Crippen LogP contribution in [0.15, 0.2) is 42.7 Å². The van der Waals surface area contributed by atoms with Crippen molar-refractivity contribution >= 4 is 11.7 Å². The van der Waals surface area contributed by atoms with E-state index >= 15 is 0 Å². The van der Waals surface area contributed by atoms with Crippen LogP contribution in [-0.2, 0) is 11.2 Å². The Morgan fingerprint density at radius 3 is 2.70 bits per heavy atom. The number of anilines is 1. The molecule has 0 aliphatic rings. The number of carbonyl (C=O) groups is 1. The summed E-state index contributed by atoms with van der Waals surface area (Å²) in [5, 5.41) is 0. The quantitative estimate of drug-likeness (QED) is 0.666. The van der Waals surface area contributed by atoms with Gasteiger partial charge in [-0.05, 0) is 29.8 Å². The van der Waals surface area contributed by atoms with Crippen LogP contribution in [0.4, 0.5) is 5.69 Å². The van der Waals surface area contributed by atoms with Crippen LogP contribution < -0.4 is 10.5 Å². The first-order valence-electron chi connectivity index (χ1n) is 6.20. The lowest BCUT2D eigenvalue weighted by molar-refractivity contribution is 0.0596. The Kier molecular flexibility index (Phi) is 4.55. The number of rotatable bonds is 5. The van der Waals surface area contributed by atoms with Crippen molar-refractivity contribution in [2.45, 2.75) is 6.42 Å². The molecule has 0 amide bonds. The fourth-order valence-electron chi connectivity index (χ4n) is 1.77. The van der Waals surface area contributed by atoms with Gasteiger partial charge in [-0.15, -0.1) is 0 Å². The summed E-state index contributed by atoms with van der Waals surface area (Å²) in [5.74, 6) is -0.00480. The third-order valence-electron chi connectivity index (χ3n) is 2.81. The Balaban J connectivity index is 2.05. The number of nitrogens with two attached hydrogens (primary N) is 1. The van der Waals surface area contributed by atoms with E-state index in [0.717, 1.165) is 12.0 Å². The van der Waals surface area contributed by atoms with Gasteiger partial charge in [0.15, 0.2) is 0 Å². The number of methoxy groups -OCH3 is 1. The Morgan fingerprint density at radius 1 is 1.25 bits per heavy atom. The minimum Gasteiger partial charge on any atom is -0.492 e. The van der Waals surface area contributed by atoms with Gasteiger partial charge in [-0.3, -0.25) is 4.98 Å². The number of nitrogens with zero attached hydrogens (tertiary/aromatic N) is 1. The van der Waals surface area contributed by atoms with Crippen molar-refractivity contribution in [1.29, 1.82) is 0 Å². The van der Waals surface area contributed by atoms with Gasteiger partial charge in [0.05, 0.1) is 13.7 Å². The number of aromatic nitrogens is 1. The SMILES string of the molecule is COC(=O)c1ccc(N)cc1OCCc1ccncc1. The summed E-state index contributed by atoms with van der Waals surface area (Å²) < 4.78 is 10.4. The zero-order chi connectivity index (χ0) is 14.4. The summed E-state index contributed by atoms with van der Waals surface area (Å²) in [6, 6.07) is 8.71. The van der Waals surface area contributed by atoms with E-state index in [1.54, 1.807) is 30.6 Å². The standard InChI is InChI=1S/C15H16N2O3/c1-19-15(18)13-3-2-12(16)10-14(13)20-9-6-11-4-7-17-8-5-11/h2-5,7-8,10H,6,9,16H2,1H3. The van der Waals surface area contributed by atoms with E-state index in [4.69, 9.17) is 15.2 Å². The molecule has 0 saturated heterocycles. The van der Waals surface area contributed by atoms with E-state index in [0.29, 0.717) is 23.6 Å². The molecule has 0 radical (unpaired) electrons. The van der Waals surface area contributed by atoms with Gasteiger partial charge in [0.25, 0.3) is 0 Å². The molecule has 0 bridgehead atoms. The lowest BCUT2D eigenvalue weighted by atomic mass is 10.2. The van der Waals surface area contributed by atoms with Crippen LogP contribution in [-0.4, -0.2) is 24.7 Å². The molecule has 2 aromatic rings. The van der Waals surface area contributed by atoms with E-state index in [2.05, 4.69) is 4.98 Å². The van der Waals surface area contributed by atoms with Crippen molar-refractivity contribution in [2.75, 3.05) is 19.5 Å². The van der Waals surface area contributed by atoms with Crippen LogP contribution in [0.3, 0.4) is 0 Å². The third kappa shape index (κ3) is 3.47. The maximum absolute atomic E-state index is 11.6. The van der Waals surface area contributed by atoms with Crippen LogP contribution in [0.1, 0.15) is 15.9 Å². The minimum absolute atomic E-state index is 0.372. The molecule has 2 rings (SSSR count). The number of hydrogen-bond acceptors (Lipinski definition) is 5. The molecule has 1 heterocycles. The van der Waals surface area contributed by atoms with Crippen LogP contribution in [0, 0.1) is 0 Å². The van der Waals surface area contributed by atoms with Gasteiger partial charge in [-0.25, -0.2) is 4.79 Å². The number of esters is 1. The first-order valence-corrected chi connectivity index (χ1v) is 6.20. The summed E-state index contributed by atoms with van der Waals surface area (Å²) in [7, 11) is 1.33. The van der Waals surface area contributed by atoms with E-state index in [1.807, 2.05) is 12.1 Å². The van der Waals surface area contributed by atoms with Crippen LogP contribution in [0.25, 0.3) is 0 Å². The maximum atomic E-state index is 11.6. The number of nitrogen functional groups attached to an aromatic ring is 1. The van der Waals surface area contributed by atoms with Crippen molar-refractivity contribution in [3.8, 4) is 5.75 Å². The Hall–Kier alpha value is -2.56. The summed E-state index contributed by atoms with van der Waals surface area (Å²) in [5.41, 5.74) is 7.74. The lowest BCUT2D eigenvalue weighted by Gasteiger charge is -2.11. The van der Waals surface area contributed by atoms with Crippen LogP contribution >= 0.6 is 0 Å². The molecule has 0 saturated carbocycles. The fourth-order valence-corrected chi connectivity index (χ4v) is 1.77. The average Bonchev–Trinajstić information content (AvgIpc) is 2.48. The van der Waals surface area contributed by atoms with Crippen molar-refractivity contribution < 1.29 is 14.3 Å². The third-order valence-corrected chi connectivity index (χ3v) is 2.81. The molecule has 0 spiro atoms. The molecule has 1 aromatic heterocycles. The molecule has 104 valence electrons. The van der Waals surface area contributed by atoms with Gasteiger partial charge in [0, 0.05) is 30.6 Å². The molecule has 0 atom stereocenters. The van der Waals surface area contributed by atoms with E-state index < -0.39 is 5.97 Å². The van der Waals surface area contributed by atoms with E-state index in [1.165, 1.54) is 7.11 Å². The molecule has 1 aromatic carbocycles. The van der Waals surface area contributed by atoms with Gasteiger partial charge >= 0.3 is 5.97 Å². The first-order chi connectivity index (χ1) is 9.70. The highest BCUT2D eigenvalue weighted by Gasteiger charge is 2.13. The van der Waals surface area contributed by atoms with E-state index in [9.17, 15) is 4.79 Å². The number of pyridine rings is 1. The van der Waals surface area contributed by atoms with E-state index in [-0.39, 0.29) is 0 Å². The van der Waals surface area contributed by atoms with Crippen molar-refractivity contribution in [3.63, 3.8) is 0 Å². The monoisotopic (exact) mass is 272 g/mol. The number of carbonyl (C=O) groups excluding carboxylic acids is 1. The molecule has 0 unspecified atom stereocenters. The molecule has 5 nitrogen and oxygen atoms in total. The van der Waals surface area contributed by atoms with Crippen LogP contribution in [0.2, 0.25) is 0 Å². The predicted molar refractivity (Wildman–Crippen MR) is 75.6 cm³/mol. The largest absolute Gasteiger partial charge is 0.492 e. The average molecular weight is 272 g/mol. The number of ether oxygens (including phenoxy) is 2. The Morgan fingerprint density at radius 2 is 2.00 bits per heavy atom. The van der Waals surface area contributed by atoms with Crippen molar-refractivity contribution in [1.82, 2.24) is 4.98 Å². The van der Waals surface area contributed by atoms with Crippen molar-refractivity contribution in [2.24, 2.45) is 0 Å². The van der Waals surface area contributed by atoms with Gasteiger partial charge < -0.3 is 15.2 Å². The zero-order valence-electron chi connectivity index (χ0n) is 11.2. The summed E-state index contributed by atoms with van der Waals surface area (Å²) >= 11 is 0. The van der Waals surface area contributed by atoms with Crippen molar-refractivity contribution in [3.05, 3.63) is 53.9 Å². The second kappa shape index (κ2) is 6.56. The zero-order valence-corrected chi connectivity index (χ0v) is 11.2. The lowest BCUT2D eigenvalue weighted by Crippen LogP contribution is -2.08. The maximum Gasteiger partial charge on any atom is 0.341 e. The molecule has 5 heteroatoms. The second-order valence-corrected chi connectivity index (χ2v) is 4.20. The summed E-state index contributed by atoms with van der Waals surface area (Å²) in [4.78, 5) is 15.6. The Labute approximate surface area is 117 Å². The molecule has 0 fully saturated rings. The number of benzene rings is 1. The van der Waals surface area contributed by atoms with Gasteiger partial charge in [-0.1, -0.05) is 0 Å². The molecular weight excluding hydrogens is 256 g/mol. The molecular formula is C15H16N2O3. The topological polar surface area (TPSA) is 74.4 Å². The Bertz CT molecular complexity index is 585. The van der Waals surface area contributed by atoms with Gasteiger partial charge in [-0.2, -0.15) is 0 Å². The highest BCUT2D eigenvalue weighted by atomic mass is 16.5. The first kappa shape index (κ1) is 13.9. The summed E-state index contributed by atoms with van der Waals surface area (Å²) in [6.07, 6.45) is 4.18. The predicted octanol–water partition coefficient (Wildman–Crippen LogP) is 2.07. The fraction of sp³-hybridized carbons (Fsp3) is 0.200. The highest BCUT2D eigenvalue weighted by molar-refractivity contribution is 5.93. The summed E-state index contributed by atoms with van der Waals surface area (Å²) in [6.45, 7) is 0.442. The number of hydrogen-bond donors (Lipinski definition) is 1. The highest BCUT2D eigenvalue weighted by Crippen LogP contribution is 2.22. The molecule has 20 heavy (non-hydrogen) atoms. The van der Waals surface area contributed by atoms with Gasteiger partial charge in [0.2, 0.25) is 0 Å². The molecule has 0 aliphatic carbocycles. The van der Waals surface area contributed by atoms with Gasteiger partial charge in [0.1, 0.15) is 11.3 Å². The molecule has 2 N–H and O–H groups in total. The normalized spacial score (nSPS) is 10.1. The van der Waals surface area contributed by atoms with Crippen LogP contribution in [0.5, 0.6) is 5.75 Å². The minimum atomic E-state index is -0.441.